The van der Waals surface area contributed by atoms with Crippen molar-refractivity contribution in [3.8, 4) is 0 Å². The highest BCUT2D eigenvalue weighted by molar-refractivity contribution is 5.93. The second-order valence-electron chi connectivity index (χ2n) is 7.28. The first-order valence-corrected chi connectivity index (χ1v) is 10.3. The average molecular weight is 397 g/mol. The fourth-order valence-electron chi connectivity index (χ4n) is 3.19. The summed E-state index contributed by atoms with van der Waals surface area (Å²) in [4.78, 5) is 16.7. The number of amides is 1. The van der Waals surface area contributed by atoms with Crippen LogP contribution in [0.2, 0.25) is 0 Å². The van der Waals surface area contributed by atoms with Gasteiger partial charge in [0.05, 0.1) is 6.54 Å². The number of halogens is 1. The van der Waals surface area contributed by atoms with Crippen LogP contribution in [0.25, 0.3) is 0 Å². The molecule has 29 heavy (non-hydrogen) atoms. The summed E-state index contributed by atoms with van der Waals surface area (Å²) in [6.45, 7) is 3.82. The highest BCUT2D eigenvalue weighted by atomic mass is 19.1. The minimum Gasteiger partial charge on any atom is -0.357 e. The van der Waals surface area contributed by atoms with Gasteiger partial charge in [0.2, 0.25) is 5.91 Å². The highest BCUT2D eigenvalue weighted by Gasteiger charge is 2.25. The molecular formula is C23H29FN4O. The van der Waals surface area contributed by atoms with Gasteiger partial charge in [-0.1, -0.05) is 36.8 Å². The van der Waals surface area contributed by atoms with Gasteiger partial charge in [-0.15, -0.1) is 0 Å². The molecule has 0 saturated heterocycles. The monoisotopic (exact) mass is 396 g/mol. The van der Waals surface area contributed by atoms with Crippen molar-refractivity contribution in [3.63, 3.8) is 0 Å². The Balaban J connectivity index is 1.54. The van der Waals surface area contributed by atoms with Gasteiger partial charge in [0.1, 0.15) is 5.82 Å². The zero-order valence-corrected chi connectivity index (χ0v) is 16.9. The fraction of sp³-hybridized carbons (Fsp3) is 0.391. The van der Waals surface area contributed by atoms with E-state index in [0.29, 0.717) is 31.0 Å². The largest absolute Gasteiger partial charge is 0.357 e. The number of carbonyl (C=O) groups excluding carboxylic acids is 1. The van der Waals surface area contributed by atoms with E-state index in [1.54, 1.807) is 12.1 Å². The van der Waals surface area contributed by atoms with Gasteiger partial charge in [0, 0.05) is 24.7 Å². The minimum absolute atomic E-state index is 0.111. The van der Waals surface area contributed by atoms with Crippen molar-refractivity contribution in [1.29, 1.82) is 0 Å². The summed E-state index contributed by atoms with van der Waals surface area (Å²) in [5.41, 5.74) is 2.51. The van der Waals surface area contributed by atoms with Crippen LogP contribution in [-0.2, 0) is 17.8 Å². The summed E-state index contributed by atoms with van der Waals surface area (Å²) >= 11 is 0. The third kappa shape index (κ3) is 6.31. The Labute approximate surface area is 171 Å². The standard InChI is InChI=1S/C23H29FN4O/c1-2-25-23(26-14-13-18-8-3-4-12-21(18)24)27-16-17-7-5-11-20(15-17)28-22(29)19-9-6-10-19/h3-5,7-8,11-12,15,19H,2,6,9-10,13-14,16H2,1H3,(H,28,29)(H2,25,26,27). The van der Waals surface area contributed by atoms with Crippen molar-refractivity contribution in [2.45, 2.75) is 39.2 Å². The van der Waals surface area contributed by atoms with E-state index < -0.39 is 0 Å². The van der Waals surface area contributed by atoms with E-state index in [0.717, 1.165) is 37.1 Å². The molecule has 0 bridgehead atoms. The second kappa shape index (κ2) is 10.6. The van der Waals surface area contributed by atoms with Crippen molar-refractivity contribution < 1.29 is 9.18 Å². The first-order valence-electron chi connectivity index (χ1n) is 10.3. The highest BCUT2D eigenvalue weighted by Crippen LogP contribution is 2.27. The van der Waals surface area contributed by atoms with Crippen molar-refractivity contribution in [3.05, 3.63) is 65.5 Å². The number of anilines is 1. The van der Waals surface area contributed by atoms with Crippen LogP contribution >= 0.6 is 0 Å². The fourth-order valence-corrected chi connectivity index (χ4v) is 3.19. The molecule has 0 aliphatic heterocycles. The predicted octanol–water partition coefficient (Wildman–Crippen LogP) is 3.86. The summed E-state index contributed by atoms with van der Waals surface area (Å²) in [6, 6.07) is 14.6. The molecule has 0 radical (unpaired) electrons. The molecule has 0 atom stereocenters. The molecule has 2 aromatic rings. The van der Waals surface area contributed by atoms with E-state index in [9.17, 15) is 9.18 Å². The lowest BCUT2D eigenvalue weighted by molar-refractivity contribution is -0.122. The molecule has 0 heterocycles. The van der Waals surface area contributed by atoms with E-state index in [4.69, 9.17) is 0 Å². The zero-order valence-electron chi connectivity index (χ0n) is 16.9. The molecule has 0 aromatic heterocycles. The number of benzene rings is 2. The molecule has 0 spiro atoms. The summed E-state index contributed by atoms with van der Waals surface area (Å²) in [5.74, 6) is 0.778. The van der Waals surface area contributed by atoms with E-state index >= 15 is 0 Å². The lowest BCUT2D eigenvalue weighted by Gasteiger charge is -2.24. The Morgan fingerprint density at radius 2 is 1.97 bits per heavy atom. The number of guanidine groups is 1. The molecule has 1 aliphatic rings. The Hall–Kier alpha value is -2.89. The number of aliphatic imine (C=N–C) groups is 1. The summed E-state index contributed by atoms with van der Waals surface area (Å²) in [6.07, 6.45) is 3.70. The Bertz CT molecular complexity index is 848. The summed E-state index contributed by atoms with van der Waals surface area (Å²) < 4.78 is 13.7. The lowest BCUT2D eigenvalue weighted by atomic mass is 9.85. The Kier molecular flexibility index (Phi) is 7.61. The molecule has 1 saturated carbocycles. The van der Waals surface area contributed by atoms with Gasteiger partial charge < -0.3 is 16.0 Å². The number of hydrogen-bond acceptors (Lipinski definition) is 2. The maximum atomic E-state index is 13.7. The first-order chi connectivity index (χ1) is 14.2. The number of hydrogen-bond donors (Lipinski definition) is 3. The van der Waals surface area contributed by atoms with E-state index in [1.165, 1.54) is 6.07 Å². The second-order valence-corrected chi connectivity index (χ2v) is 7.28. The molecule has 1 amide bonds. The molecule has 3 N–H and O–H groups in total. The third-order valence-corrected chi connectivity index (χ3v) is 5.08. The van der Waals surface area contributed by atoms with Crippen LogP contribution in [0.1, 0.15) is 37.3 Å². The molecule has 6 heteroatoms. The van der Waals surface area contributed by atoms with Gasteiger partial charge in [-0.05, 0) is 55.5 Å². The topological polar surface area (TPSA) is 65.5 Å². The minimum atomic E-state index is -0.183. The van der Waals surface area contributed by atoms with Gasteiger partial charge in [-0.25, -0.2) is 9.38 Å². The third-order valence-electron chi connectivity index (χ3n) is 5.08. The summed E-state index contributed by atoms with van der Waals surface area (Å²) in [7, 11) is 0. The Morgan fingerprint density at radius 3 is 2.69 bits per heavy atom. The number of nitrogens with zero attached hydrogens (tertiary/aromatic N) is 1. The predicted molar refractivity (Wildman–Crippen MR) is 115 cm³/mol. The van der Waals surface area contributed by atoms with Crippen LogP contribution in [0.3, 0.4) is 0 Å². The quantitative estimate of drug-likeness (QED) is 0.469. The van der Waals surface area contributed by atoms with Crippen molar-refractivity contribution in [1.82, 2.24) is 10.6 Å². The van der Waals surface area contributed by atoms with E-state index in [1.807, 2.05) is 37.3 Å². The molecule has 1 fully saturated rings. The normalized spacial score (nSPS) is 14.2. The molecule has 154 valence electrons. The van der Waals surface area contributed by atoms with Crippen molar-refractivity contribution in [2.75, 3.05) is 18.4 Å². The van der Waals surface area contributed by atoms with Crippen LogP contribution in [-0.4, -0.2) is 25.0 Å². The molecule has 5 nitrogen and oxygen atoms in total. The van der Waals surface area contributed by atoms with Crippen molar-refractivity contribution in [2.24, 2.45) is 10.9 Å². The van der Waals surface area contributed by atoms with Crippen LogP contribution in [0.15, 0.2) is 53.5 Å². The molecular weight excluding hydrogens is 367 g/mol. The van der Waals surface area contributed by atoms with E-state index in [2.05, 4.69) is 20.9 Å². The van der Waals surface area contributed by atoms with E-state index in [-0.39, 0.29) is 17.6 Å². The summed E-state index contributed by atoms with van der Waals surface area (Å²) in [5, 5.41) is 9.45. The van der Waals surface area contributed by atoms with Gasteiger partial charge in [0.25, 0.3) is 0 Å². The smallest absolute Gasteiger partial charge is 0.227 e. The molecule has 3 rings (SSSR count). The SMILES string of the molecule is CCNC(=NCc1cccc(NC(=O)C2CCC2)c1)NCCc1ccccc1F. The number of carbonyl (C=O) groups is 1. The van der Waals surface area contributed by atoms with Crippen LogP contribution in [0.4, 0.5) is 10.1 Å². The number of nitrogens with one attached hydrogen (secondary N) is 3. The van der Waals surface area contributed by atoms with Gasteiger partial charge in [-0.3, -0.25) is 4.79 Å². The van der Waals surface area contributed by atoms with Crippen LogP contribution in [0.5, 0.6) is 0 Å². The first kappa shape index (κ1) is 20.8. The van der Waals surface area contributed by atoms with Crippen LogP contribution in [0, 0.1) is 11.7 Å². The van der Waals surface area contributed by atoms with Gasteiger partial charge >= 0.3 is 0 Å². The van der Waals surface area contributed by atoms with Crippen LogP contribution < -0.4 is 16.0 Å². The van der Waals surface area contributed by atoms with Gasteiger partial charge in [0.15, 0.2) is 5.96 Å². The molecule has 0 unspecified atom stereocenters. The zero-order chi connectivity index (χ0) is 20.5. The average Bonchev–Trinajstić information content (AvgIpc) is 2.66. The molecule has 1 aliphatic carbocycles. The lowest BCUT2D eigenvalue weighted by Crippen LogP contribution is -2.38. The van der Waals surface area contributed by atoms with Crippen molar-refractivity contribution >= 4 is 17.6 Å². The maximum absolute atomic E-state index is 13.7. The number of rotatable bonds is 8. The Morgan fingerprint density at radius 1 is 1.14 bits per heavy atom. The molecule has 2 aromatic carbocycles. The maximum Gasteiger partial charge on any atom is 0.227 e. The van der Waals surface area contributed by atoms with Gasteiger partial charge in [-0.2, -0.15) is 0 Å².